The Hall–Kier alpha value is -0.800. The molecule has 1 rings (SSSR count). The molecule has 0 spiro atoms. The lowest BCUT2D eigenvalue weighted by Gasteiger charge is -2.08. The van der Waals surface area contributed by atoms with Crippen molar-refractivity contribution in [2.24, 2.45) is 5.92 Å². The minimum Gasteiger partial charge on any atom is -0.375 e. The maximum absolute atomic E-state index is 6.05. The highest BCUT2D eigenvalue weighted by Crippen LogP contribution is 2.17. The molecule has 1 aromatic rings. The molecule has 0 atom stereocenters. The molecule has 0 aromatic carbocycles. The van der Waals surface area contributed by atoms with Gasteiger partial charge in [0.25, 0.3) is 0 Å². The summed E-state index contributed by atoms with van der Waals surface area (Å²) in [5.41, 5.74) is 0.795. The van der Waals surface area contributed by atoms with Gasteiger partial charge >= 0.3 is 0 Å². The van der Waals surface area contributed by atoms with E-state index in [2.05, 4.69) is 24.1 Å². The van der Waals surface area contributed by atoms with Crippen LogP contribution in [0, 0.1) is 5.92 Å². The number of ether oxygens (including phenoxy) is 1. The second kappa shape index (κ2) is 7.51. The predicted octanol–water partition coefficient (Wildman–Crippen LogP) is 3.73. The van der Waals surface area contributed by atoms with Gasteiger partial charge in [-0.15, -0.1) is 0 Å². The highest BCUT2D eigenvalue weighted by Gasteiger charge is 2.03. The van der Waals surface area contributed by atoms with Gasteiger partial charge < -0.3 is 10.1 Å². The Balaban J connectivity index is 2.35. The summed E-state index contributed by atoms with van der Waals surface area (Å²) in [4.78, 5) is 4.36. The predicted molar refractivity (Wildman–Crippen MR) is 72.5 cm³/mol. The molecule has 3 nitrogen and oxygen atoms in total. The first-order valence-corrected chi connectivity index (χ1v) is 6.42. The summed E-state index contributed by atoms with van der Waals surface area (Å²) in [6.45, 7) is 5.68. The zero-order valence-corrected chi connectivity index (χ0v) is 11.5. The first kappa shape index (κ1) is 14.3. The number of rotatable bonds is 7. The van der Waals surface area contributed by atoms with E-state index in [1.54, 1.807) is 0 Å². The van der Waals surface area contributed by atoms with Crippen molar-refractivity contribution in [2.75, 3.05) is 19.0 Å². The fraction of sp³-hybridized carbons (Fsp3) is 0.615. The summed E-state index contributed by atoms with van der Waals surface area (Å²) in [7, 11) is 1.84. The first-order valence-electron chi connectivity index (χ1n) is 6.04. The summed E-state index contributed by atoms with van der Waals surface area (Å²) in [6.07, 6.45) is 2.28. The third-order valence-corrected chi connectivity index (χ3v) is 2.83. The third kappa shape index (κ3) is 5.37. The molecule has 1 heterocycles. The molecule has 0 saturated carbocycles. The van der Waals surface area contributed by atoms with E-state index in [-0.39, 0.29) is 0 Å². The number of anilines is 1. The van der Waals surface area contributed by atoms with E-state index in [4.69, 9.17) is 16.3 Å². The number of pyridine rings is 1. The fourth-order valence-electron chi connectivity index (χ4n) is 1.49. The van der Waals surface area contributed by atoms with Crippen molar-refractivity contribution < 1.29 is 4.74 Å². The molecule has 0 saturated heterocycles. The van der Waals surface area contributed by atoms with Crippen molar-refractivity contribution >= 4 is 17.4 Å². The molecular weight excluding hydrogens is 236 g/mol. The number of halogens is 1. The Bertz CT molecular complexity index is 342. The lowest BCUT2D eigenvalue weighted by Crippen LogP contribution is -2.02. The maximum atomic E-state index is 6.05. The highest BCUT2D eigenvalue weighted by molar-refractivity contribution is 6.31. The fourth-order valence-corrected chi connectivity index (χ4v) is 1.65. The van der Waals surface area contributed by atoms with Gasteiger partial charge in [-0.25, -0.2) is 4.98 Å². The summed E-state index contributed by atoms with van der Waals surface area (Å²) in [5, 5.41) is 3.65. The number of nitrogens with zero attached hydrogens (tertiary/aromatic N) is 1. The van der Waals surface area contributed by atoms with Gasteiger partial charge in [-0.3, -0.25) is 0 Å². The average Bonchev–Trinajstić information content (AvgIpc) is 2.30. The van der Waals surface area contributed by atoms with Gasteiger partial charge in [-0.2, -0.15) is 0 Å². The van der Waals surface area contributed by atoms with Crippen molar-refractivity contribution in [3.05, 3.63) is 22.8 Å². The van der Waals surface area contributed by atoms with E-state index < -0.39 is 0 Å². The molecule has 0 amide bonds. The SMILES string of the molecule is CNc1ccc(Cl)c(COCCCC(C)C)n1. The van der Waals surface area contributed by atoms with Crippen molar-refractivity contribution in [1.82, 2.24) is 4.98 Å². The van der Waals surface area contributed by atoms with Crippen molar-refractivity contribution in [3.8, 4) is 0 Å². The van der Waals surface area contributed by atoms with Crippen molar-refractivity contribution in [1.29, 1.82) is 0 Å². The summed E-state index contributed by atoms with van der Waals surface area (Å²) >= 11 is 6.05. The monoisotopic (exact) mass is 256 g/mol. The van der Waals surface area contributed by atoms with Gasteiger partial charge in [0.2, 0.25) is 0 Å². The van der Waals surface area contributed by atoms with Gasteiger partial charge in [-0.05, 0) is 30.9 Å². The zero-order chi connectivity index (χ0) is 12.7. The Morgan fingerprint density at radius 2 is 2.18 bits per heavy atom. The lowest BCUT2D eigenvalue weighted by molar-refractivity contribution is 0.112. The van der Waals surface area contributed by atoms with Crippen LogP contribution in [0.25, 0.3) is 0 Å². The van der Waals surface area contributed by atoms with Crippen LogP contribution in [0.1, 0.15) is 32.4 Å². The topological polar surface area (TPSA) is 34.1 Å². The van der Waals surface area contributed by atoms with E-state index in [9.17, 15) is 0 Å². The standard InChI is InChI=1S/C13H21ClN2O/c1-10(2)5-4-8-17-9-12-11(14)6-7-13(15-3)16-12/h6-7,10H,4-5,8-9H2,1-3H3,(H,15,16). The van der Waals surface area contributed by atoms with Crippen LogP contribution in [0.5, 0.6) is 0 Å². The van der Waals surface area contributed by atoms with Crippen LogP contribution < -0.4 is 5.32 Å². The normalized spacial score (nSPS) is 10.9. The van der Waals surface area contributed by atoms with Gasteiger partial charge in [0.1, 0.15) is 5.82 Å². The van der Waals surface area contributed by atoms with Crippen LogP contribution in [-0.2, 0) is 11.3 Å². The summed E-state index contributed by atoms with van der Waals surface area (Å²) in [5.74, 6) is 1.54. The Morgan fingerprint density at radius 1 is 1.41 bits per heavy atom. The number of aromatic nitrogens is 1. The molecule has 0 radical (unpaired) electrons. The number of hydrogen-bond donors (Lipinski definition) is 1. The first-order chi connectivity index (χ1) is 8.13. The minimum atomic E-state index is 0.479. The van der Waals surface area contributed by atoms with Gasteiger partial charge in [0.05, 0.1) is 17.3 Å². The lowest BCUT2D eigenvalue weighted by atomic mass is 10.1. The molecule has 1 N–H and O–H groups in total. The van der Waals surface area contributed by atoms with Crippen LogP contribution in [0.15, 0.2) is 12.1 Å². The summed E-state index contributed by atoms with van der Waals surface area (Å²) < 4.78 is 5.58. The molecular formula is C13H21ClN2O. The third-order valence-electron chi connectivity index (χ3n) is 2.48. The molecule has 4 heteroatoms. The number of nitrogens with one attached hydrogen (secondary N) is 1. The second-order valence-corrected chi connectivity index (χ2v) is 4.87. The van der Waals surface area contributed by atoms with Crippen molar-refractivity contribution in [2.45, 2.75) is 33.3 Å². The molecule has 0 aliphatic carbocycles. The molecule has 0 unspecified atom stereocenters. The van der Waals surface area contributed by atoms with E-state index in [1.807, 2.05) is 19.2 Å². The van der Waals surface area contributed by atoms with Gasteiger partial charge in [0.15, 0.2) is 0 Å². The number of hydrogen-bond acceptors (Lipinski definition) is 3. The van der Waals surface area contributed by atoms with Gasteiger partial charge in [-0.1, -0.05) is 25.4 Å². The van der Waals surface area contributed by atoms with Crippen LogP contribution in [0.4, 0.5) is 5.82 Å². The van der Waals surface area contributed by atoms with E-state index in [0.29, 0.717) is 11.6 Å². The largest absolute Gasteiger partial charge is 0.375 e. The Labute approximate surface area is 109 Å². The molecule has 17 heavy (non-hydrogen) atoms. The van der Waals surface area contributed by atoms with Crippen LogP contribution >= 0.6 is 11.6 Å². The molecule has 0 aliphatic rings. The maximum Gasteiger partial charge on any atom is 0.126 e. The van der Waals surface area contributed by atoms with Gasteiger partial charge in [0, 0.05) is 13.7 Å². The van der Waals surface area contributed by atoms with Crippen LogP contribution in [-0.4, -0.2) is 18.6 Å². The minimum absolute atomic E-state index is 0.479. The van der Waals surface area contributed by atoms with Crippen LogP contribution in [0.3, 0.4) is 0 Å². The Morgan fingerprint density at radius 3 is 2.82 bits per heavy atom. The van der Waals surface area contributed by atoms with Crippen LogP contribution in [0.2, 0.25) is 5.02 Å². The van der Waals surface area contributed by atoms with E-state index in [1.165, 1.54) is 6.42 Å². The summed E-state index contributed by atoms with van der Waals surface area (Å²) in [6, 6.07) is 3.69. The average molecular weight is 257 g/mol. The zero-order valence-electron chi connectivity index (χ0n) is 10.8. The second-order valence-electron chi connectivity index (χ2n) is 4.46. The van der Waals surface area contributed by atoms with E-state index >= 15 is 0 Å². The molecule has 0 bridgehead atoms. The molecule has 0 fully saturated rings. The van der Waals surface area contributed by atoms with Crippen molar-refractivity contribution in [3.63, 3.8) is 0 Å². The smallest absolute Gasteiger partial charge is 0.126 e. The Kier molecular flexibility index (Phi) is 6.30. The molecule has 1 aromatic heterocycles. The molecule has 96 valence electrons. The highest BCUT2D eigenvalue weighted by atomic mass is 35.5. The molecule has 0 aliphatic heterocycles. The van der Waals surface area contributed by atoms with E-state index in [0.717, 1.165) is 30.5 Å². The quantitative estimate of drug-likeness (QED) is 0.755.